The molecular weight excluding hydrogens is 351 g/mol. The zero-order chi connectivity index (χ0) is 20.4. The van der Waals surface area contributed by atoms with Crippen molar-refractivity contribution in [3.8, 4) is 0 Å². The Bertz CT molecular complexity index is 890. The number of primary amides is 1. The first-order valence-electron chi connectivity index (χ1n) is 7.63. The molecule has 8 heteroatoms. The van der Waals surface area contributed by atoms with Gasteiger partial charge in [0.15, 0.2) is 0 Å². The number of aliphatic imine (C=N–C) groups is 1. The maximum atomic E-state index is 13.6. The number of amides is 1. The minimum absolute atomic E-state index is 0.0781. The Morgan fingerprint density at radius 1 is 1.22 bits per heavy atom. The van der Waals surface area contributed by atoms with Crippen LogP contribution in [0.25, 0.3) is 6.08 Å². The first kappa shape index (κ1) is 21.2. The molecule has 0 radical (unpaired) electrons. The van der Waals surface area contributed by atoms with Crippen molar-refractivity contribution in [3.05, 3.63) is 76.4 Å². The zero-order valence-corrected chi connectivity index (χ0v) is 14.5. The number of aromatic carboxylic acids is 1. The van der Waals surface area contributed by atoms with Crippen LogP contribution in [0.2, 0.25) is 0 Å². The summed E-state index contributed by atoms with van der Waals surface area (Å²) in [4.78, 5) is 23.3. The number of benzene rings is 2. The quantitative estimate of drug-likeness (QED) is 0.473. The van der Waals surface area contributed by atoms with Crippen molar-refractivity contribution < 1.29 is 19.1 Å². The summed E-state index contributed by atoms with van der Waals surface area (Å²) in [5, 5.41) is 16.7. The van der Waals surface area contributed by atoms with Gasteiger partial charge in [0.1, 0.15) is 11.6 Å². The van der Waals surface area contributed by atoms with Crippen LogP contribution in [0.1, 0.15) is 27.0 Å². The maximum absolute atomic E-state index is 13.6. The zero-order valence-electron chi connectivity index (χ0n) is 14.5. The number of carboxylic acids is 1. The number of nitrogens with one attached hydrogen (secondary N) is 1. The van der Waals surface area contributed by atoms with Crippen LogP contribution in [0.5, 0.6) is 0 Å². The molecule has 0 unspecified atom stereocenters. The van der Waals surface area contributed by atoms with Crippen molar-refractivity contribution >= 4 is 30.4 Å². The van der Waals surface area contributed by atoms with Crippen LogP contribution in [0.15, 0.2) is 53.3 Å². The third-order valence-corrected chi connectivity index (χ3v) is 3.24. The van der Waals surface area contributed by atoms with Gasteiger partial charge in [-0.05, 0) is 30.7 Å². The number of nitrogens with zero attached hydrogens (tertiary/aromatic N) is 1. The van der Waals surface area contributed by atoms with Crippen LogP contribution in [0, 0.1) is 18.2 Å². The average molecular weight is 370 g/mol. The topological polar surface area (TPSA) is 143 Å². The van der Waals surface area contributed by atoms with Crippen LogP contribution in [-0.2, 0) is 4.79 Å². The molecule has 0 fully saturated rings. The van der Waals surface area contributed by atoms with Gasteiger partial charge >= 0.3 is 5.97 Å². The highest BCUT2D eigenvalue weighted by Crippen LogP contribution is 2.13. The molecule has 0 aromatic heterocycles. The summed E-state index contributed by atoms with van der Waals surface area (Å²) in [5.41, 5.74) is 11.9. The predicted molar refractivity (Wildman–Crippen MR) is 102 cm³/mol. The molecular formula is C19H19FN4O3. The second-order valence-corrected chi connectivity index (χ2v) is 5.29. The highest BCUT2D eigenvalue weighted by atomic mass is 19.1. The maximum Gasteiger partial charge on any atom is 0.338 e. The van der Waals surface area contributed by atoms with Crippen molar-refractivity contribution in [1.82, 2.24) is 0 Å². The number of carboxylic acid groups (broad SMARTS) is 1. The highest BCUT2D eigenvalue weighted by molar-refractivity contribution is 6.36. The molecule has 0 aliphatic carbocycles. The lowest BCUT2D eigenvalue weighted by Crippen LogP contribution is -2.03. The van der Waals surface area contributed by atoms with E-state index in [2.05, 4.69) is 10.7 Å². The fourth-order valence-electron chi connectivity index (χ4n) is 1.95. The lowest BCUT2D eigenvalue weighted by atomic mass is 10.1. The van der Waals surface area contributed by atoms with Gasteiger partial charge in [0.25, 0.3) is 0 Å². The molecule has 27 heavy (non-hydrogen) atoms. The second-order valence-electron chi connectivity index (χ2n) is 5.29. The Morgan fingerprint density at radius 3 is 2.33 bits per heavy atom. The van der Waals surface area contributed by atoms with Crippen LogP contribution < -0.4 is 11.5 Å². The summed E-state index contributed by atoms with van der Waals surface area (Å²) in [6, 6.07) is 11.1. The second kappa shape index (κ2) is 10.2. The number of aryl methyl sites for hydroxylation is 1. The van der Waals surface area contributed by atoms with Crippen molar-refractivity contribution in [2.75, 3.05) is 0 Å². The summed E-state index contributed by atoms with van der Waals surface area (Å²) in [6.07, 6.45) is 2.95. The van der Waals surface area contributed by atoms with E-state index in [1.807, 2.05) is 31.2 Å². The molecule has 0 bridgehead atoms. The van der Waals surface area contributed by atoms with Crippen LogP contribution in [0.4, 0.5) is 4.39 Å². The molecule has 0 saturated carbocycles. The number of halogens is 1. The third-order valence-electron chi connectivity index (χ3n) is 3.24. The van der Waals surface area contributed by atoms with E-state index in [0.29, 0.717) is 11.1 Å². The van der Waals surface area contributed by atoms with Crippen molar-refractivity contribution in [2.24, 2.45) is 16.5 Å². The van der Waals surface area contributed by atoms with E-state index in [9.17, 15) is 9.18 Å². The number of hydrogen-bond acceptors (Lipinski definition) is 5. The van der Waals surface area contributed by atoms with Gasteiger partial charge in [0.2, 0.25) is 6.41 Å². The van der Waals surface area contributed by atoms with E-state index in [1.165, 1.54) is 18.4 Å². The Labute approximate surface area is 155 Å². The minimum atomic E-state index is -1.33. The van der Waals surface area contributed by atoms with Gasteiger partial charge in [0.05, 0.1) is 17.5 Å². The number of carbonyl (C=O) groups is 2. The molecule has 1 amide bonds. The lowest BCUT2D eigenvalue weighted by Gasteiger charge is -2.01. The van der Waals surface area contributed by atoms with Gasteiger partial charge < -0.3 is 16.6 Å². The molecule has 2 aromatic carbocycles. The lowest BCUT2D eigenvalue weighted by molar-refractivity contribution is -0.106. The van der Waals surface area contributed by atoms with E-state index in [4.69, 9.17) is 21.0 Å². The SMILES string of the molecule is Cc1ccc(C(=N)/C=N\C(N)=C\c2ccc(C(=O)O)c(F)c2)cc1.NC=O. The summed E-state index contributed by atoms with van der Waals surface area (Å²) < 4.78 is 13.6. The molecule has 0 aliphatic rings. The van der Waals surface area contributed by atoms with Crippen molar-refractivity contribution in [2.45, 2.75) is 6.92 Å². The summed E-state index contributed by atoms with van der Waals surface area (Å²) in [6.45, 7) is 1.96. The van der Waals surface area contributed by atoms with Crippen LogP contribution in [-0.4, -0.2) is 29.4 Å². The Balaban J connectivity index is 0.00000114. The van der Waals surface area contributed by atoms with E-state index in [0.717, 1.165) is 17.7 Å². The molecule has 0 saturated heterocycles. The average Bonchev–Trinajstić information content (AvgIpc) is 2.60. The Kier molecular flexibility index (Phi) is 8.05. The van der Waals surface area contributed by atoms with Crippen LogP contribution in [0.3, 0.4) is 0 Å². The van der Waals surface area contributed by atoms with Crippen molar-refractivity contribution in [1.29, 1.82) is 5.41 Å². The third kappa shape index (κ3) is 6.91. The largest absolute Gasteiger partial charge is 0.478 e. The first-order chi connectivity index (χ1) is 12.8. The van der Waals surface area contributed by atoms with E-state index in [-0.39, 0.29) is 17.9 Å². The fraction of sp³-hybridized carbons (Fsp3) is 0.0526. The van der Waals surface area contributed by atoms with Gasteiger partial charge in [0, 0.05) is 5.56 Å². The molecule has 0 aliphatic heterocycles. The molecule has 2 aromatic rings. The number of carbonyl (C=O) groups excluding carboxylic acids is 1. The molecule has 6 N–H and O–H groups in total. The number of rotatable bonds is 5. The van der Waals surface area contributed by atoms with Crippen LogP contribution >= 0.6 is 0 Å². The molecule has 140 valence electrons. The highest BCUT2D eigenvalue weighted by Gasteiger charge is 2.09. The normalized spacial score (nSPS) is 10.8. The van der Waals surface area contributed by atoms with E-state index < -0.39 is 17.3 Å². The van der Waals surface area contributed by atoms with Gasteiger partial charge in [-0.25, -0.2) is 14.2 Å². The van der Waals surface area contributed by atoms with Gasteiger partial charge in [-0.1, -0.05) is 35.9 Å². The van der Waals surface area contributed by atoms with Gasteiger partial charge in [-0.3, -0.25) is 10.2 Å². The summed E-state index contributed by atoms with van der Waals surface area (Å²) in [5.74, 6) is -2.10. The standard InChI is InChI=1S/C18H16FN3O2.CH3NO/c1-11-2-5-13(6-3-11)16(20)10-22-17(21)9-12-4-7-14(18(23)24)15(19)8-12;2-1-3/h2-10,20H,21H2,1H3,(H,23,24);1H,(H2,2,3)/b17-9+,20-16?,22-10-;. The summed E-state index contributed by atoms with van der Waals surface area (Å²) in [7, 11) is 0. The number of hydrogen-bond donors (Lipinski definition) is 4. The summed E-state index contributed by atoms with van der Waals surface area (Å²) >= 11 is 0. The number of nitrogens with two attached hydrogens (primary N) is 2. The minimum Gasteiger partial charge on any atom is -0.478 e. The van der Waals surface area contributed by atoms with E-state index in [1.54, 1.807) is 0 Å². The fourth-order valence-corrected chi connectivity index (χ4v) is 1.95. The van der Waals surface area contributed by atoms with Gasteiger partial charge in [-0.15, -0.1) is 0 Å². The van der Waals surface area contributed by atoms with Crippen molar-refractivity contribution in [3.63, 3.8) is 0 Å². The van der Waals surface area contributed by atoms with Gasteiger partial charge in [-0.2, -0.15) is 0 Å². The predicted octanol–water partition coefficient (Wildman–Crippen LogP) is 2.33. The Hall–Kier alpha value is -3.81. The van der Waals surface area contributed by atoms with E-state index >= 15 is 0 Å². The molecule has 7 nitrogen and oxygen atoms in total. The monoisotopic (exact) mass is 370 g/mol. The molecule has 0 heterocycles. The molecule has 0 atom stereocenters. The smallest absolute Gasteiger partial charge is 0.338 e. The molecule has 2 rings (SSSR count). The molecule has 0 spiro atoms. The first-order valence-corrected chi connectivity index (χ1v) is 7.63. The Morgan fingerprint density at radius 2 is 1.81 bits per heavy atom.